The minimum absolute atomic E-state index is 0.0450. The number of hydrogen-bond acceptors (Lipinski definition) is 5. The highest BCUT2D eigenvalue weighted by Gasteiger charge is 2.52. The second-order valence-corrected chi connectivity index (χ2v) is 12.1. The van der Waals surface area contributed by atoms with Gasteiger partial charge in [0, 0.05) is 35.5 Å². The minimum Gasteiger partial charge on any atom is -0.394 e. The van der Waals surface area contributed by atoms with Crippen molar-refractivity contribution in [3.8, 4) is 0 Å². The first kappa shape index (κ1) is 29.0. The maximum Gasteiger partial charge on any atom is 0.264 e. The molecule has 0 aromatic heterocycles. The van der Waals surface area contributed by atoms with Gasteiger partial charge in [-0.3, -0.25) is 19.3 Å². The first-order chi connectivity index (χ1) is 21.8. The molecule has 3 atom stereocenters. The van der Waals surface area contributed by atoms with Crippen LogP contribution in [-0.2, 0) is 21.7 Å². The number of nitrogens with zero attached hydrogens (tertiary/aromatic N) is 3. The van der Waals surface area contributed by atoms with Crippen LogP contribution in [0.1, 0.15) is 47.7 Å². The third kappa shape index (κ3) is 4.64. The summed E-state index contributed by atoms with van der Waals surface area (Å²) in [4.78, 5) is 45.1. The fourth-order valence-electron chi connectivity index (χ4n) is 7.15. The van der Waals surface area contributed by atoms with Gasteiger partial charge >= 0.3 is 0 Å². The summed E-state index contributed by atoms with van der Waals surface area (Å²) in [6, 6.07) is 26.4. The van der Waals surface area contributed by atoms with Crippen LogP contribution in [-0.4, -0.2) is 52.0 Å². The van der Waals surface area contributed by atoms with Crippen molar-refractivity contribution in [2.24, 2.45) is 5.92 Å². The first-order valence-corrected chi connectivity index (χ1v) is 15.5. The van der Waals surface area contributed by atoms with Gasteiger partial charge in [-0.05, 0) is 54.1 Å². The van der Waals surface area contributed by atoms with E-state index in [9.17, 15) is 24.6 Å². The lowest BCUT2D eigenvalue weighted by Gasteiger charge is -2.28. The SMILES string of the molecule is C[C@@H](/C=C/CC(=O)N1CCC[C@H]1CO)[C@]1(O)C(=O)N(Cc2ccc(N3C(=O)c4cccc5cccc3c45)cc2)c2ccccc21. The number of hydrogen-bond donors (Lipinski definition) is 2. The fraction of sp³-hybridized carbons (Fsp3) is 0.270. The molecule has 1 saturated heterocycles. The maximum absolute atomic E-state index is 14.0. The molecule has 3 aliphatic rings. The van der Waals surface area contributed by atoms with Crippen LogP contribution in [0.5, 0.6) is 0 Å². The van der Waals surface area contributed by atoms with Gasteiger partial charge in [0.2, 0.25) is 5.91 Å². The Labute approximate surface area is 261 Å². The van der Waals surface area contributed by atoms with Crippen molar-refractivity contribution in [3.63, 3.8) is 0 Å². The number of carbonyl (C=O) groups excluding carboxylic acids is 3. The number of aliphatic hydroxyl groups excluding tert-OH is 1. The number of fused-ring (bicyclic) bond motifs is 1. The molecule has 228 valence electrons. The lowest BCUT2D eigenvalue weighted by atomic mass is 9.83. The molecule has 3 aliphatic heterocycles. The summed E-state index contributed by atoms with van der Waals surface area (Å²) < 4.78 is 0. The number of aliphatic hydroxyl groups is 2. The van der Waals surface area contributed by atoms with Crippen LogP contribution in [0.3, 0.4) is 0 Å². The Morgan fingerprint density at radius 3 is 2.49 bits per heavy atom. The zero-order valence-corrected chi connectivity index (χ0v) is 25.1. The lowest BCUT2D eigenvalue weighted by Crippen LogP contribution is -2.44. The molecule has 8 nitrogen and oxygen atoms in total. The molecule has 4 aromatic carbocycles. The Morgan fingerprint density at radius 1 is 0.978 bits per heavy atom. The molecule has 8 heteroatoms. The number of likely N-dealkylation sites (tertiary alicyclic amines) is 1. The van der Waals surface area contributed by atoms with Crippen LogP contribution < -0.4 is 9.80 Å². The topological polar surface area (TPSA) is 101 Å². The van der Waals surface area contributed by atoms with Crippen molar-refractivity contribution in [1.82, 2.24) is 4.90 Å². The average Bonchev–Trinajstić information content (AvgIpc) is 3.72. The maximum atomic E-state index is 14.0. The summed E-state index contributed by atoms with van der Waals surface area (Å²) in [5, 5.41) is 23.5. The predicted molar refractivity (Wildman–Crippen MR) is 173 cm³/mol. The zero-order chi connectivity index (χ0) is 31.3. The highest BCUT2D eigenvalue weighted by atomic mass is 16.3. The van der Waals surface area contributed by atoms with Crippen molar-refractivity contribution in [2.75, 3.05) is 23.0 Å². The van der Waals surface area contributed by atoms with E-state index in [4.69, 9.17) is 0 Å². The minimum atomic E-state index is -1.79. The van der Waals surface area contributed by atoms with E-state index < -0.39 is 17.4 Å². The molecule has 0 unspecified atom stereocenters. The van der Waals surface area contributed by atoms with Gasteiger partial charge in [0.1, 0.15) is 0 Å². The molecule has 0 saturated carbocycles. The van der Waals surface area contributed by atoms with Gasteiger partial charge in [0.25, 0.3) is 11.8 Å². The normalized spacial score (nSPS) is 21.4. The molecule has 2 N–H and O–H groups in total. The second-order valence-electron chi connectivity index (χ2n) is 12.1. The molecule has 45 heavy (non-hydrogen) atoms. The monoisotopic (exact) mass is 601 g/mol. The molecule has 1 fully saturated rings. The van der Waals surface area contributed by atoms with E-state index in [0.717, 1.165) is 40.6 Å². The van der Waals surface area contributed by atoms with Gasteiger partial charge in [0.15, 0.2) is 5.60 Å². The van der Waals surface area contributed by atoms with Gasteiger partial charge in [-0.1, -0.05) is 73.7 Å². The van der Waals surface area contributed by atoms with Gasteiger partial charge in [-0.15, -0.1) is 0 Å². The molecular formula is C37H35N3O5. The Balaban J connectivity index is 1.09. The van der Waals surface area contributed by atoms with Crippen LogP contribution >= 0.6 is 0 Å². The van der Waals surface area contributed by atoms with Crippen LogP contribution in [0.15, 0.2) is 97.1 Å². The summed E-state index contributed by atoms with van der Waals surface area (Å²) >= 11 is 0. The largest absolute Gasteiger partial charge is 0.394 e. The molecule has 0 radical (unpaired) electrons. The smallest absolute Gasteiger partial charge is 0.264 e. The van der Waals surface area contributed by atoms with Crippen LogP contribution in [0, 0.1) is 5.92 Å². The summed E-state index contributed by atoms with van der Waals surface area (Å²) in [6.07, 6.45) is 5.27. The Bertz CT molecular complexity index is 1850. The van der Waals surface area contributed by atoms with E-state index >= 15 is 0 Å². The van der Waals surface area contributed by atoms with Gasteiger partial charge in [-0.2, -0.15) is 0 Å². The Morgan fingerprint density at radius 2 is 1.71 bits per heavy atom. The Hall–Kier alpha value is -4.79. The summed E-state index contributed by atoms with van der Waals surface area (Å²) in [5.41, 5.74) is 2.52. The molecule has 0 bridgehead atoms. The third-order valence-corrected chi connectivity index (χ3v) is 9.55. The highest BCUT2D eigenvalue weighted by Crippen LogP contribution is 2.46. The zero-order valence-electron chi connectivity index (χ0n) is 25.1. The number of anilines is 3. The van der Waals surface area contributed by atoms with E-state index in [1.54, 1.807) is 39.8 Å². The van der Waals surface area contributed by atoms with Crippen LogP contribution in [0.25, 0.3) is 10.8 Å². The fourth-order valence-corrected chi connectivity index (χ4v) is 7.15. The molecule has 0 spiro atoms. The number of para-hydroxylation sites is 1. The first-order valence-electron chi connectivity index (χ1n) is 15.5. The third-order valence-electron chi connectivity index (χ3n) is 9.55. The molecule has 4 aromatic rings. The van der Waals surface area contributed by atoms with Crippen molar-refractivity contribution in [1.29, 1.82) is 0 Å². The molecule has 7 rings (SSSR count). The number of amides is 3. The number of benzene rings is 4. The Kier molecular flexibility index (Phi) is 7.26. The molecule has 3 heterocycles. The van der Waals surface area contributed by atoms with Crippen molar-refractivity contribution < 1.29 is 24.6 Å². The number of rotatable bonds is 8. The number of carbonyl (C=O) groups is 3. The standard InChI is InChI=1S/C37H35N3O5/c1-24(8-4-16-33(42)38-21-7-11-28(38)23-41)37(45)30-13-2-3-14-31(30)39(36(37)44)22-25-17-19-27(20-18-25)40-32-15-6-10-26-9-5-12-29(34(26)32)35(40)43/h2-6,8-10,12-15,17-20,24,28,41,45H,7,11,16,21-23H2,1H3/b8-4+/t24-,28-,37+/m0/s1. The average molecular weight is 602 g/mol. The van der Waals surface area contributed by atoms with Gasteiger partial charge in [0.05, 0.1) is 36.1 Å². The molecule has 0 aliphatic carbocycles. The highest BCUT2D eigenvalue weighted by molar-refractivity contribution is 6.27. The van der Waals surface area contributed by atoms with Gasteiger partial charge in [-0.25, -0.2) is 0 Å². The van der Waals surface area contributed by atoms with E-state index in [1.165, 1.54) is 0 Å². The van der Waals surface area contributed by atoms with Gasteiger partial charge < -0.3 is 20.0 Å². The summed E-state index contributed by atoms with van der Waals surface area (Å²) in [6.45, 7) is 2.62. The van der Waals surface area contributed by atoms with E-state index in [1.807, 2.05) is 78.9 Å². The summed E-state index contributed by atoms with van der Waals surface area (Å²) in [7, 11) is 0. The van der Waals surface area contributed by atoms with Crippen molar-refractivity contribution >= 4 is 45.6 Å². The second kappa shape index (κ2) is 11.3. The van der Waals surface area contributed by atoms with E-state index in [-0.39, 0.29) is 37.4 Å². The predicted octanol–water partition coefficient (Wildman–Crippen LogP) is 5.43. The molecular weight excluding hydrogens is 566 g/mol. The summed E-state index contributed by atoms with van der Waals surface area (Å²) in [5.74, 6) is -1.15. The van der Waals surface area contributed by atoms with E-state index in [2.05, 4.69) is 0 Å². The van der Waals surface area contributed by atoms with Crippen LogP contribution in [0.2, 0.25) is 0 Å². The van der Waals surface area contributed by atoms with Crippen molar-refractivity contribution in [3.05, 3.63) is 114 Å². The van der Waals surface area contributed by atoms with Crippen LogP contribution in [0.4, 0.5) is 17.1 Å². The van der Waals surface area contributed by atoms with E-state index in [0.29, 0.717) is 23.4 Å². The van der Waals surface area contributed by atoms with Crippen molar-refractivity contribution in [2.45, 2.75) is 44.4 Å². The quantitative estimate of drug-likeness (QED) is 0.262. The lowest BCUT2D eigenvalue weighted by molar-refractivity contribution is -0.139. The molecule has 3 amide bonds.